The first-order valence-electron chi connectivity index (χ1n) is 4.08. The van der Waals surface area contributed by atoms with Crippen LogP contribution in [0.15, 0.2) is 24.3 Å². The molecule has 1 rings (SSSR count). The molecule has 1 aromatic rings. The van der Waals surface area contributed by atoms with Gasteiger partial charge in [-0.15, -0.1) is 0 Å². The average molecular weight is 296 g/mol. The summed E-state index contributed by atoms with van der Waals surface area (Å²) in [4.78, 5) is 11.7. The third-order valence-electron chi connectivity index (χ3n) is 1.62. The Bertz CT molecular complexity index is 346. The molecule has 0 saturated heterocycles. The first kappa shape index (κ1) is 12.1. The van der Waals surface area contributed by atoms with Crippen molar-refractivity contribution < 1.29 is 4.79 Å². The lowest BCUT2D eigenvalue weighted by Gasteiger charge is -2.20. The third kappa shape index (κ3) is 4.03. The quantitative estimate of drug-likeness (QED) is 0.773. The van der Waals surface area contributed by atoms with Crippen LogP contribution in [0.4, 0.5) is 0 Å². The topological polar surface area (TPSA) is 17.1 Å². The molecule has 0 saturated carbocycles. The van der Waals surface area contributed by atoms with Gasteiger partial charge in [0, 0.05) is 16.3 Å². The molecule has 0 N–H and O–H groups in total. The smallest absolute Gasteiger partial charge is 0.172 e. The summed E-state index contributed by atoms with van der Waals surface area (Å²) >= 11 is 9.33. The molecule has 0 unspecified atom stereocenters. The van der Waals surface area contributed by atoms with Crippen molar-refractivity contribution in [1.29, 1.82) is 0 Å². The van der Waals surface area contributed by atoms with Gasteiger partial charge in [0.05, 0.1) is 0 Å². The van der Waals surface area contributed by atoms with Gasteiger partial charge < -0.3 is 0 Å². The van der Waals surface area contributed by atoms with Crippen LogP contribution in [0.2, 0.25) is 5.02 Å². The fourth-order valence-electron chi connectivity index (χ4n) is 1.06. The van der Waals surface area contributed by atoms with E-state index >= 15 is 0 Å². The summed E-state index contributed by atoms with van der Waals surface area (Å²) in [6, 6.07) is 7.07. The van der Waals surface area contributed by atoms with Crippen molar-refractivity contribution in [3.05, 3.63) is 34.9 Å². The van der Waals surface area contributed by atoms with E-state index in [4.69, 9.17) is 11.6 Å². The van der Waals surface area contributed by atoms with E-state index in [-0.39, 0.29) is 5.78 Å². The number of carbonyl (C=O) groups excluding carboxylic acids is 1. The highest BCUT2D eigenvalue weighted by atomic mass is 79.9. The standard InChI is InChI=1S/C10H12BrClOS/c1-14(2,11)7-10(13)8-4-3-5-9(12)6-8/h3-6H,7H2,1-2H3. The Morgan fingerprint density at radius 3 is 2.64 bits per heavy atom. The van der Waals surface area contributed by atoms with Crippen LogP contribution in [-0.2, 0) is 0 Å². The Kier molecular flexibility index (Phi) is 4.04. The fraction of sp³-hybridized carbons (Fsp3) is 0.300. The maximum absolute atomic E-state index is 11.7. The lowest BCUT2D eigenvalue weighted by molar-refractivity contribution is 0.102. The molecule has 0 atom stereocenters. The SMILES string of the molecule is CS(C)(Br)CC(=O)c1cccc(Cl)c1. The third-order valence-corrected chi connectivity index (χ3v) is 3.49. The van der Waals surface area contributed by atoms with Crippen molar-refractivity contribution in [2.75, 3.05) is 18.3 Å². The molecule has 0 spiro atoms. The molecule has 4 heteroatoms. The number of benzene rings is 1. The predicted octanol–water partition coefficient (Wildman–Crippen LogP) is 3.90. The van der Waals surface area contributed by atoms with E-state index in [2.05, 4.69) is 27.3 Å². The monoisotopic (exact) mass is 294 g/mol. The van der Waals surface area contributed by atoms with E-state index < -0.39 is 8.46 Å². The van der Waals surface area contributed by atoms with E-state index in [0.717, 1.165) is 0 Å². The van der Waals surface area contributed by atoms with Crippen molar-refractivity contribution in [3.63, 3.8) is 0 Å². The zero-order valence-electron chi connectivity index (χ0n) is 8.09. The van der Waals surface area contributed by atoms with Crippen LogP contribution in [0.1, 0.15) is 10.4 Å². The predicted molar refractivity (Wildman–Crippen MR) is 69.0 cm³/mol. The van der Waals surface area contributed by atoms with Crippen molar-refractivity contribution >= 4 is 40.7 Å². The van der Waals surface area contributed by atoms with Crippen LogP contribution in [0, 0.1) is 0 Å². The molecule has 0 aliphatic carbocycles. The summed E-state index contributed by atoms with van der Waals surface area (Å²) in [6.07, 6.45) is 4.10. The molecule has 0 bridgehead atoms. The molecule has 0 aromatic heterocycles. The van der Waals surface area contributed by atoms with E-state index in [1.54, 1.807) is 24.3 Å². The highest BCUT2D eigenvalue weighted by Crippen LogP contribution is 2.48. The lowest BCUT2D eigenvalue weighted by atomic mass is 10.1. The number of halogens is 2. The number of rotatable bonds is 3. The summed E-state index contributed by atoms with van der Waals surface area (Å²) in [5, 5.41) is 0.609. The van der Waals surface area contributed by atoms with Crippen LogP contribution >= 0.6 is 34.9 Å². The van der Waals surface area contributed by atoms with Gasteiger partial charge in [0.2, 0.25) is 0 Å². The van der Waals surface area contributed by atoms with Crippen LogP contribution in [-0.4, -0.2) is 24.0 Å². The van der Waals surface area contributed by atoms with Gasteiger partial charge in [0.25, 0.3) is 0 Å². The van der Waals surface area contributed by atoms with E-state index in [1.807, 2.05) is 0 Å². The summed E-state index contributed by atoms with van der Waals surface area (Å²) in [5.41, 5.74) is 0.692. The highest BCUT2D eigenvalue weighted by Gasteiger charge is 2.14. The minimum atomic E-state index is -0.964. The first-order chi connectivity index (χ1) is 6.38. The molecule has 0 amide bonds. The number of carbonyl (C=O) groups is 1. The maximum Gasteiger partial charge on any atom is 0.172 e. The second kappa shape index (κ2) is 4.69. The molecule has 1 aromatic carbocycles. The van der Waals surface area contributed by atoms with Gasteiger partial charge in [-0.1, -0.05) is 23.7 Å². The fourth-order valence-corrected chi connectivity index (χ4v) is 2.66. The van der Waals surface area contributed by atoms with Gasteiger partial charge in [-0.05, 0) is 39.5 Å². The molecule has 1 nitrogen and oxygen atoms in total. The van der Waals surface area contributed by atoms with Gasteiger partial charge in [-0.25, -0.2) is 0 Å². The van der Waals surface area contributed by atoms with Crippen molar-refractivity contribution in [1.82, 2.24) is 0 Å². The number of hydrogen-bond donors (Lipinski definition) is 0. The second-order valence-corrected chi connectivity index (χ2v) is 12.3. The summed E-state index contributed by atoms with van der Waals surface area (Å²) in [6.45, 7) is 0. The minimum absolute atomic E-state index is 0.143. The van der Waals surface area contributed by atoms with Gasteiger partial charge in [-0.2, -0.15) is 8.46 Å². The summed E-state index contributed by atoms with van der Waals surface area (Å²) in [5.74, 6) is 0.692. The largest absolute Gasteiger partial charge is 0.293 e. The Balaban J connectivity index is 2.80. The average Bonchev–Trinajstić information content (AvgIpc) is 2.01. The summed E-state index contributed by atoms with van der Waals surface area (Å²) < 4.78 is 0. The highest BCUT2D eigenvalue weighted by molar-refractivity contribution is 9.58. The lowest BCUT2D eigenvalue weighted by Crippen LogP contribution is -2.08. The molecule has 0 heterocycles. The second-order valence-electron chi connectivity index (χ2n) is 3.48. The van der Waals surface area contributed by atoms with E-state index in [1.165, 1.54) is 0 Å². The molecule has 0 fully saturated rings. The Hall–Kier alpha value is 0.01000. The molecule has 0 aliphatic heterocycles. The Labute approximate surface area is 98.4 Å². The van der Waals surface area contributed by atoms with Gasteiger partial charge in [0.15, 0.2) is 5.78 Å². The molecule has 78 valence electrons. The zero-order chi connectivity index (χ0) is 10.8. The van der Waals surface area contributed by atoms with Crippen molar-refractivity contribution in [2.45, 2.75) is 0 Å². The first-order valence-corrected chi connectivity index (χ1v) is 8.92. The number of Topliss-reactive ketones (excluding diaryl/α,β-unsaturated/α-hetero) is 1. The van der Waals surface area contributed by atoms with Crippen molar-refractivity contribution in [3.8, 4) is 0 Å². The minimum Gasteiger partial charge on any atom is -0.293 e. The van der Waals surface area contributed by atoms with Crippen LogP contribution in [0.3, 0.4) is 0 Å². The van der Waals surface area contributed by atoms with Crippen molar-refractivity contribution in [2.24, 2.45) is 0 Å². The van der Waals surface area contributed by atoms with Crippen LogP contribution < -0.4 is 0 Å². The van der Waals surface area contributed by atoms with Gasteiger partial charge in [-0.3, -0.25) is 4.79 Å². The zero-order valence-corrected chi connectivity index (χ0v) is 11.2. The number of ketones is 1. The van der Waals surface area contributed by atoms with Gasteiger partial charge >= 0.3 is 0 Å². The van der Waals surface area contributed by atoms with Crippen LogP contribution in [0.25, 0.3) is 0 Å². The molecule has 0 aliphatic rings. The Morgan fingerprint density at radius 1 is 1.50 bits per heavy atom. The summed E-state index contributed by atoms with van der Waals surface area (Å²) in [7, 11) is -0.964. The maximum atomic E-state index is 11.7. The van der Waals surface area contributed by atoms with Gasteiger partial charge in [0.1, 0.15) is 0 Å². The molecule has 14 heavy (non-hydrogen) atoms. The Morgan fingerprint density at radius 2 is 2.14 bits per heavy atom. The molecular weight excluding hydrogens is 284 g/mol. The number of hydrogen-bond acceptors (Lipinski definition) is 1. The van der Waals surface area contributed by atoms with E-state index in [9.17, 15) is 4.79 Å². The molecular formula is C10H12BrClOS. The van der Waals surface area contributed by atoms with E-state index in [0.29, 0.717) is 16.3 Å². The normalized spacial score (nSPS) is 12.6. The van der Waals surface area contributed by atoms with Crippen LogP contribution in [0.5, 0.6) is 0 Å². The molecule has 0 radical (unpaired) electrons.